The Kier molecular flexibility index (Phi) is 4.20. The van der Waals surface area contributed by atoms with E-state index in [4.69, 9.17) is 0 Å². The number of benzene rings is 2. The van der Waals surface area contributed by atoms with Crippen LogP contribution in [0.4, 0.5) is 0 Å². The fourth-order valence-electron chi connectivity index (χ4n) is 3.26. The van der Waals surface area contributed by atoms with Gasteiger partial charge in [-0.2, -0.15) is 0 Å². The lowest BCUT2D eigenvalue weighted by molar-refractivity contribution is 0.791. The van der Waals surface area contributed by atoms with Gasteiger partial charge >= 0.3 is 0 Å². The maximum absolute atomic E-state index is 2.45. The molecule has 4 aliphatic rings. The van der Waals surface area contributed by atoms with Crippen molar-refractivity contribution in [1.29, 1.82) is 0 Å². The summed E-state index contributed by atoms with van der Waals surface area (Å²) in [6, 6.07) is 16.5. The summed E-state index contributed by atoms with van der Waals surface area (Å²) in [6.45, 7) is 2.28. The first-order valence-corrected chi connectivity index (χ1v) is 8.03. The Labute approximate surface area is 122 Å². The molecule has 0 aliphatic heterocycles. The maximum Gasteiger partial charge on any atom is -0.0273 e. The first-order valence-electron chi connectivity index (χ1n) is 8.03. The highest BCUT2D eigenvalue weighted by Gasteiger charge is 2.05. The molecule has 0 amide bonds. The largest absolute Gasteiger partial charge is 0.0613 e. The van der Waals surface area contributed by atoms with E-state index >= 15 is 0 Å². The molecule has 0 atom stereocenters. The van der Waals surface area contributed by atoms with Crippen LogP contribution in [-0.2, 0) is 32.1 Å². The molecule has 0 radical (unpaired) electrons. The SMILES string of the molecule is CCc1cc2ccc1CCCc1ccc(cc1)CCC2. The topological polar surface area (TPSA) is 0 Å². The Hall–Kier alpha value is -1.56. The Morgan fingerprint density at radius 2 is 1.25 bits per heavy atom. The summed E-state index contributed by atoms with van der Waals surface area (Å²) in [6.07, 6.45) is 8.49. The van der Waals surface area contributed by atoms with Crippen LogP contribution in [-0.4, -0.2) is 0 Å². The van der Waals surface area contributed by atoms with Gasteiger partial charge in [-0.15, -0.1) is 0 Å². The normalized spacial score (nSPS) is 15.2. The molecule has 0 fully saturated rings. The van der Waals surface area contributed by atoms with Gasteiger partial charge in [-0.3, -0.25) is 0 Å². The number of hydrogen-bond acceptors (Lipinski definition) is 0. The van der Waals surface area contributed by atoms with Crippen molar-refractivity contribution in [3.8, 4) is 0 Å². The average molecular weight is 264 g/mol. The summed E-state index contributed by atoms with van der Waals surface area (Å²) in [5.74, 6) is 0. The molecular formula is C20H24. The van der Waals surface area contributed by atoms with E-state index in [9.17, 15) is 0 Å². The smallest absolute Gasteiger partial charge is 0.0273 e. The second-order valence-electron chi connectivity index (χ2n) is 5.98. The molecule has 2 aromatic rings. The molecule has 0 spiro atoms. The van der Waals surface area contributed by atoms with Crippen molar-refractivity contribution in [1.82, 2.24) is 0 Å². The molecular weight excluding hydrogens is 240 g/mol. The molecule has 0 heteroatoms. The molecule has 6 rings (SSSR count). The van der Waals surface area contributed by atoms with Gasteiger partial charge in [0.25, 0.3) is 0 Å². The molecule has 20 heavy (non-hydrogen) atoms. The van der Waals surface area contributed by atoms with Crippen LogP contribution in [0.1, 0.15) is 47.6 Å². The zero-order valence-corrected chi connectivity index (χ0v) is 12.5. The van der Waals surface area contributed by atoms with Crippen molar-refractivity contribution in [2.24, 2.45) is 0 Å². The van der Waals surface area contributed by atoms with Crippen LogP contribution in [0.15, 0.2) is 42.5 Å². The fourth-order valence-corrected chi connectivity index (χ4v) is 3.26. The first kappa shape index (κ1) is 13.4. The van der Waals surface area contributed by atoms with Crippen LogP contribution in [0.3, 0.4) is 0 Å². The summed E-state index contributed by atoms with van der Waals surface area (Å²) in [5, 5.41) is 0. The van der Waals surface area contributed by atoms with E-state index in [1.807, 2.05) is 0 Å². The second kappa shape index (κ2) is 6.26. The lowest BCUT2D eigenvalue weighted by Crippen LogP contribution is -1.99. The number of hydrogen-bond donors (Lipinski definition) is 0. The van der Waals surface area contributed by atoms with Crippen molar-refractivity contribution in [3.63, 3.8) is 0 Å². The third-order valence-electron chi connectivity index (χ3n) is 4.52. The highest BCUT2D eigenvalue weighted by atomic mass is 14.1. The van der Waals surface area contributed by atoms with Crippen LogP contribution >= 0.6 is 0 Å². The van der Waals surface area contributed by atoms with E-state index in [2.05, 4.69) is 49.4 Å². The Morgan fingerprint density at radius 3 is 1.90 bits per heavy atom. The maximum atomic E-state index is 2.45. The Balaban J connectivity index is 1.86. The third kappa shape index (κ3) is 3.12. The lowest BCUT2D eigenvalue weighted by atomic mass is 9.93. The molecule has 4 aliphatic carbocycles. The van der Waals surface area contributed by atoms with Gasteiger partial charge in [0.2, 0.25) is 0 Å². The average Bonchev–Trinajstić information content (AvgIpc) is 2.50. The predicted molar refractivity (Wildman–Crippen MR) is 86.3 cm³/mol. The van der Waals surface area contributed by atoms with E-state index in [0.717, 1.165) is 6.42 Å². The molecule has 0 aromatic heterocycles. The van der Waals surface area contributed by atoms with Crippen LogP contribution in [0.25, 0.3) is 0 Å². The zero-order valence-electron chi connectivity index (χ0n) is 12.5. The van der Waals surface area contributed by atoms with Crippen LogP contribution in [0.2, 0.25) is 0 Å². The van der Waals surface area contributed by atoms with Crippen LogP contribution < -0.4 is 0 Å². The second-order valence-corrected chi connectivity index (χ2v) is 5.98. The monoisotopic (exact) mass is 264 g/mol. The summed E-state index contributed by atoms with van der Waals surface area (Å²) >= 11 is 0. The molecule has 0 heterocycles. The van der Waals surface area contributed by atoms with Crippen LogP contribution in [0, 0.1) is 0 Å². The van der Waals surface area contributed by atoms with Crippen molar-refractivity contribution in [3.05, 3.63) is 70.3 Å². The minimum Gasteiger partial charge on any atom is -0.0613 e. The number of rotatable bonds is 1. The van der Waals surface area contributed by atoms with Crippen molar-refractivity contribution >= 4 is 0 Å². The molecule has 2 aromatic carbocycles. The van der Waals surface area contributed by atoms with Gasteiger partial charge in [0.1, 0.15) is 0 Å². The molecule has 104 valence electrons. The predicted octanol–water partition coefficient (Wildman–Crippen LogP) is 4.91. The Bertz CT molecular complexity index is 563. The van der Waals surface area contributed by atoms with Gasteiger partial charge in [-0.25, -0.2) is 0 Å². The fraction of sp³-hybridized carbons (Fsp3) is 0.400. The third-order valence-corrected chi connectivity index (χ3v) is 4.52. The first-order chi connectivity index (χ1) is 9.85. The zero-order chi connectivity index (χ0) is 13.8. The van der Waals surface area contributed by atoms with Gasteiger partial charge in [-0.05, 0) is 72.8 Å². The minimum atomic E-state index is 1.16. The van der Waals surface area contributed by atoms with Crippen molar-refractivity contribution in [2.45, 2.75) is 51.9 Å². The quantitative estimate of drug-likeness (QED) is 0.686. The Morgan fingerprint density at radius 1 is 0.700 bits per heavy atom. The summed E-state index contributed by atoms with van der Waals surface area (Å²) in [5.41, 5.74) is 7.61. The molecule has 0 unspecified atom stereocenters. The standard InChI is InChI=1S/C20H24/c1-2-19-15-18-7-3-5-16-9-11-17(12-10-16)6-4-8-20(19)14-13-18/h9-15H,2-8H2,1H3. The van der Waals surface area contributed by atoms with Gasteiger partial charge in [0.15, 0.2) is 0 Å². The van der Waals surface area contributed by atoms with Crippen LogP contribution in [0.5, 0.6) is 0 Å². The van der Waals surface area contributed by atoms with Gasteiger partial charge in [-0.1, -0.05) is 49.4 Å². The molecule has 4 bridgehead atoms. The van der Waals surface area contributed by atoms with Gasteiger partial charge in [0, 0.05) is 0 Å². The van der Waals surface area contributed by atoms with E-state index in [-0.39, 0.29) is 0 Å². The lowest BCUT2D eigenvalue weighted by Gasteiger charge is -2.12. The van der Waals surface area contributed by atoms with Gasteiger partial charge in [0.05, 0.1) is 0 Å². The molecule has 0 nitrogen and oxygen atoms in total. The number of aryl methyl sites for hydroxylation is 5. The summed E-state index contributed by atoms with van der Waals surface area (Å²) in [4.78, 5) is 0. The van der Waals surface area contributed by atoms with E-state index in [0.29, 0.717) is 0 Å². The summed E-state index contributed by atoms with van der Waals surface area (Å²) < 4.78 is 0. The van der Waals surface area contributed by atoms with E-state index in [1.54, 1.807) is 11.1 Å². The summed E-state index contributed by atoms with van der Waals surface area (Å²) in [7, 11) is 0. The van der Waals surface area contributed by atoms with Gasteiger partial charge < -0.3 is 0 Å². The molecule has 0 N–H and O–H groups in total. The van der Waals surface area contributed by atoms with Crippen molar-refractivity contribution in [2.75, 3.05) is 0 Å². The minimum absolute atomic E-state index is 1.16. The highest BCUT2D eigenvalue weighted by molar-refractivity contribution is 5.33. The van der Waals surface area contributed by atoms with Crippen molar-refractivity contribution < 1.29 is 0 Å². The molecule has 0 saturated carbocycles. The van der Waals surface area contributed by atoms with E-state index in [1.165, 1.54) is 55.2 Å². The highest BCUT2D eigenvalue weighted by Crippen LogP contribution is 2.19. The van der Waals surface area contributed by atoms with E-state index < -0.39 is 0 Å². The molecule has 0 saturated heterocycles.